The Morgan fingerprint density at radius 1 is 0.681 bits per heavy atom. The molecule has 0 aliphatic carbocycles. The zero-order valence-corrected chi connectivity index (χ0v) is 26.9. The van der Waals surface area contributed by atoms with Crippen molar-refractivity contribution in [3.05, 3.63) is 59.4 Å². The van der Waals surface area contributed by atoms with E-state index in [2.05, 4.69) is 45.6 Å². The molecule has 0 spiro atoms. The second kappa shape index (κ2) is 12.5. The average Bonchev–Trinajstić information content (AvgIpc) is 3.35. The minimum atomic E-state index is 0.508. The third-order valence-electron chi connectivity index (χ3n) is 9.97. The lowest BCUT2D eigenvalue weighted by molar-refractivity contribution is 0.249. The maximum absolute atomic E-state index is 9.09. The van der Waals surface area contributed by atoms with E-state index in [1.54, 1.807) is 6.07 Å². The van der Waals surface area contributed by atoms with Gasteiger partial charge in [0.15, 0.2) is 16.9 Å². The minimum Gasteiger partial charge on any atom is -0.455 e. The molecule has 12 nitrogen and oxygen atoms in total. The van der Waals surface area contributed by atoms with E-state index in [-0.39, 0.29) is 0 Å². The van der Waals surface area contributed by atoms with Gasteiger partial charge in [-0.25, -0.2) is 9.97 Å². The van der Waals surface area contributed by atoms with E-state index in [0.717, 1.165) is 63.6 Å². The van der Waals surface area contributed by atoms with Crippen LogP contribution in [0.3, 0.4) is 0 Å². The van der Waals surface area contributed by atoms with Crippen molar-refractivity contribution in [2.75, 3.05) is 62.2 Å². The predicted octanol–water partition coefficient (Wildman–Crippen LogP) is 5.30. The Morgan fingerprint density at radius 2 is 1.21 bits per heavy atom. The highest BCUT2D eigenvalue weighted by Crippen LogP contribution is 2.33. The van der Waals surface area contributed by atoms with Crippen LogP contribution in [-0.4, -0.2) is 94.2 Å². The second-order valence-corrected chi connectivity index (χ2v) is 12.9. The first-order chi connectivity index (χ1) is 23.0. The number of hydrogen-bond donors (Lipinski definition) is 0. The number of hydrogen-bond acceptors (Lipinski definition) is 12. The second-order valence-electron chi connectivity index (χ2n) is 12.9. The first kappa shape index (κ1) is 29.7. The van der Waals surface area contributed by atoms with Crippen molar-refractivity contribution in [2.24, 2.45) is 0 Å². The van der Waals surface area contributed by atoms with E-state index in [9.17, 15) is 0 Å². The molecule has 5 aromatic rings. The number of para-hydroxylation sites is 1. The maximum Gasteiger partial charge on any atom is 0.300 e. The molecule has 1 aromatic carbocycles. The van der Waals surface area contributed by atoms with Crippen LogP contribution >= 0.6 is 0 Å². The zero-order chi connectivity index (χ0) is 31.9. The highest BCUT2D eigenvalue weighted by atomic mass is 16.5. The highest BCUT2D eigenvalue weighted by Gasteiger charge is 2.33. The lowest BCUT2D eigenvalue weighted by Gasteiger charge is -2.30. The number of aryl methyl sites for hydroxylation is 2. The molecule has 4 bridgehead atoms. The molecule has 6 fully saturated rings. The number of ether oxygens (including phenoxy) is 1. The molecule has 0 amide bonds. The fraction of sp³-hybridized carbons (Fsp3) is 0.457. The van der Waals surface area contributed by atoms with Gasteiger partial charge >= 0.3 is 0 Å². The van der Waals surface area contributed by atoms with Gasteiger partial charge in [-0.15, -0.1) is 0 Å². The van der Waals surface area contributed by atoms with Crippen LogP contribution in [-0.2, 0) is 0 Å². The molecule has 0 N–H and O–H groups in total. The predicted molar refractivity (Wildman–Crippen MR) is 178 cm³/mol. The number of nitriles is 1. The molecule has 0 unspecified atom stereocenters. The molecule has 11 rings (SSSR count). The fourth-order valence-electron chi connectivity index (χ4n) is 7.22. The summed E-state index contributed by atoms with van der Waals surface area (Å²) >= 11 is 0. The molecule has 12 heteroatoms. The summed E-state index contributed by atoms with van der Waals surface area (Å²) in [5.74, 6) is 1.49. The SMILES string of the molecule is Cc1nc2nc(N3CCN4CCC3CC4)oc2cc1C#N.Cc1nc2nc(N3CCN4CCC3CC4)oc2cc1Oc1ccccc1. The summed E-state index contributed by atoms with van der Waals surface area (Å²) in [5.41, 5.74) is 4.59. The van der Waals surface area contributed by atoms with Crippen molar-refractivity contribution in [3.63, 3.8) is 0 Å². The van der Waals surface area contributed by atoms with Crippen molar-refractivity contribution < 1.29 is 13.6 Å². The molecule has 0 radical (unpaired) electrons. The van der Waals surface area contributed by atoms with Crippen LogP contribution in [0.25, 0.3) is 22.5 Å². The van der Waals surface area contributed by atoms with E-state index >= 15 is 0 Å². The molecule has 6 aliphatic rings. The Bertz CT molecular complexity index is 1920. The van der Waals surface area contributed by atoms with Crippen molar-refractivity contribution >= 4 is 34.5 Å². The number of pyridine rings is 2. The Morgan fingerprint density at radius 3 is 1.77 bits per heavy atom. The number of aromatic nitrogens is 4. The van der Waals surface area contributed by atoms with Crippen LogP contribution in [0, 0.1) is 25.2 Å². The fourth-order valence-corrected chi connectivity index (χ4v) is 7.22. The minimum absolute atomic E-state index is 0.508. The number of piperidine rings is 2. The van der Waals surface area contributed by atoms with Gasteiger partial charge < -0.3 is 33.2 Å². The van der Waals surface area contributed by atoms with Crippen LogP contribution in [0.15, 0.2) is 51.3 Å². The van der Waals surface area contributed by atoms with E-state index in [4.69, 9.17) is 18.8 Å². The van der Waals surface area contributed by atoms with Crippen molar-refractivity contribution in [1.82, 2.24) is 29.7 Å². The summed E-state index contributed by atoms with van der Waals surface area (Å²) in [5, 5.41) is 9.09. The highest BCUT2D eigenvalue weighted by molar-refractivity contribution is 5.73. The number of benzene rings is 1. The first-order valence-corrected chi connectivity index (χ1v) is 16.7. The molecule has 0 saturated carbocycles. The van der Waals surface area contributed by atoms with Gasteiger partial charge in [0.2, 0.25) is 11.3 Å². The van der Waals surface area contributed by atoms with Crippen LogP contribution in [0.2, 0.25) is 0 Å². The Labute approximate surface area is 273 Å². The molecular formula is C35H39N9O3. The van der Waals surface area contributed by atoms with E-state index in [0.29, 0.717) is 63.6 Å². The Kier molecular flexibility index (Phi) is 7.87. The largest absolute Gasteiger partial charge is 0.455 e. The van der Waals surface area contributed by atoms with Crippen LogP contribution in [0.5, 0.6) is 11.5 Å². The molecule has 10 heterocycles. The first-order valence-electron chi connectivity index (χ1n) is 16.7. The summed E-state index contributed by atoms with van der Waals surface area (Å²) in [6.45, 7) is 12.5. The van der Waals surface area contributed by atoms with Crippen molar-refractivity contribution in [2.45, 2.75) is 51.6 Å². The van der Waals surface area contributed by atoms with Crippen molar-refractivity contribution in [3.8, 4) is 17.6 Å². The van der Waals surface area contributed by atoms with Gasteiger partial charge in [-0.05, 0) is 51.7 Å². The summed E-state index contributed by atoms with van der Waals surface area (Å²) < 4.78 is 18.0. The third-order valence-corrected chi connectivity index (χ3v) is 9.97. The number of anilines is 2. The zero-order valence-electron chi connectivity index (χ0n) is 26.9. The van der Waals surface area contributed by atoms with Gasteiger partial charge in [0.1, 0.15) is 11.8 Å². The smallest absolute Gasteiger partial charge is 0.300 e. The molecule has 0 atom stereocenters. The Balaban J connectivity index is 0.000000141. The summed E-state index contributed by atoms with van der Waals surface area (Å²) in [6.07, 6.45) is 4.67. The number of fused-ring (bicyclic) bond motifs is 10. The van der Waals surface area contributed by atoms with Gasteiger partial charge in [-0.1, -0.05) is 18.2 Å². The third kappa shape index (κ3) is 5.97. The molecule has 6 saturated heterocycles. The van der Waals surface area contributed by atoms with Gasteiger partial charge in [-0.3, -0.25) is 0 Å². The molecule has 242 valence electrons. The topological polar surface area (TPSA) is 124 Å². The summed E-state index contributed by atoms with van der Waals surface area (Å²) in [6, 6.07) is 17.9. The molecule has 47 heavy (non-hydrogen) atoms. The van der Waals surface area contributed by atoms with Gasteiger partial charge in [0.05, 0.1) is 17.0 Å². The van der Waals surface area contributed by atoms with Crippen molar-refractivity contribution in [1.29, 1.82) is 5.26 Å². The molecular weight excluding hydrogens is 594 g/mol. The maximum atomic E-state index is 9.09. The average molecular weight is 634 g/mol. The van der Waals surface area contributed by atoms with E-state index < -0.39 is 0 Å². The molecule has 6 aliphatic heterocycles. The lowest BCUT2D eigenvalue weighted by Crippen LogP contribution is -2.38. The van der Waals surface area contributed by atoms with E-state index in [1.807, 2.05) is 50.2 Å². The number of rotatable bonds is 4. The number of nitrogens with zero attached hydrogens (tertiary/aromatic N) is 9. The van der Waals surface area contributed by atoms with Gasteiger partial charge in [0.25, 0.3) is 12.0 Å². The van der Waals surface area contributed by atoms with Crippen LogP contribution in [0.1, 0.15) is 42.6 Å². The molecule has 4 aromatic heterocycles. The van der Waals surface area contributed by atoms with E-state index in [1.165, 1.54) is 25.9 Å². The monoisotopic (exact) mass is 633 g/mol. The van der Waals surface area contributed by atoms with Crippen LogP contribution in [0.4, 0.5) is 12.0 Å². The summed E-state index contributed by atoms with van der Waals surface area (Å²) in [7, 11) is 0. The Hall–Kier alpha value is -4.73. The lowest BCUT2D eigenvalue weighted by atomic mass is 10.1. The van der Waals surface area contributed by atoms with Crippen LogP contribution < -0.4 is 14.5 Å². The normalized spacial score (nSPS) is 23.7. The van der Waals surface area contributed by atoms with Gasteiger partial charge in [0, 0.05) is 76.6 Å². The number of oxazole rings is 2. The standard InChI is InChI=1S/C20H22N4O2.C15H17N5O/c1-14-17(25-16-5-3-2-4-6-16)13-18-19(21-14)22-20(26-18)24-12-11-23-9-7-15(24)8-10-23;1-10-11(9-16)8-13-14(17-10)18-15(21-13)20-7-6-19-4-2-12(20)3-5-19/h2-6,13,15H,7-12H2,1H3;8,12H,2-7H2,1H3. The quantitative estimate of drug-likeness (QED) is 0.255. The van der Waals surface area contributed by atoms with Gasteiger partial charge in [-0.2, -0.15) is 15.2 Å². The summed E-state index contributed by atoms with van der Waals surface area (Å²) in [4.78, 5) is 27.8.